The lowest BCUT2D eigenvalue weighted by molar-refractivity contribution is 0.0814. The van der Waals surface area contributed by atoms with E-state index in [0.29, 0.717) is 0 Å². The van der Waals surface area contributed by atoms with Crippen molar-refractivity contribution >= 4 is 6.16 Å². The summed E-state index contributed by atoms with van der Waals surface area (Å²) < 4.78 is 4.22. The van der Waals surface area contributed by atoms with Crippen molar-refractivity contribution in [2.24, 2.45) is 5.92 Å². The van der Waals surface area contributed by atoms with Gasteiger partial charge in [0.15, 0.2) is 0 Å². The SMILES string of the molecule is C#CCCCC.CC(C)COC(=O)O. The lowest BCUT2D eigenvalue weighted by Gasteiger charge is -2.00. The highest BCUT2D eigenvalue weighted by atomic mass is 16.7. The van der Waals surface area contributed by atoms with Crippen molar-refractivity contribution in [1.29, 1.82) is 0 Å². The normalized spacial score (nSPS) is 8.50. The summed E-state index contributed by atoms with van der Waals surface area (Å²) in [5, 5.41) is 7.94. The van der Waals surface area contributed by atoms with Crippen molar-refractivity contribution in [3.8, 4) is 12.3 Å². The summed E-state index contributed by atoms with van der Waals surface area (Å²) >= 11 is 0. The van der Waals surface area contributed by atoms with Crippen LogP contribution in [0.15, 0.2) is 0 Å². The monoisotopic (exact) mass is 200 g/mol. The second kappa shape index (κ2) is 11.8. The number of hydrogen-bond acceptors (Lipinski definition) is 2. The molecule has 82 valence electrons. The van der Waals surface area contributed by atoms with Gasteiger partial charge in [0.25, 0.3) is 0 Å². The first-order valence-electron chi connectivity index (χ1n) is 4.83. The van der Waals surface area contributed by atoms with E-state index in [1.54, 1.807) is 0 Å². The summed E-state index contributed by atoms with van der Waals surface area (Å²) in [6.07, 6.45) is 7.10. The van der Waals surface area contributed by atoms with Crippen molar-refractivity contribution in [3.63, 3.8) is 0 Å². The quantitative estimate of drug-likeness (QED) is 0.431. The van der Waals surface area contributed by atoms with E-state index >= 15 is 0 Å². The third kappa shape index (κ3) is 22.4. The Bertz CT molecular complexity index is 168. The fourth-order valence-electron chi connectivity index (χ4n) is 0.517. The largest absolute Gasteiger partial charge is 0.505 e. The summed E-state index contributed by atoms with van der Waals surface area (Å²) in [7, 11) is 0. The Morgan fingerprint density at radius 1 is 1.57 bits per heavy atom. The number of hydrogen-bond donors (Lipinski definition) is 1. The highest BCUT2D eigenvalue weighted by Crippen LogP contribution is 1.91. The first kappa shape index (κ1) is 15.3. The molecule has 14 heavy (non-hydrogen) atoms. The van der Waals surface area contributed by atoms with Gasteiger partial charge in [-0.3, -0.25) is 0 Å². The van der Waals surface area contributed by atoms with Crippen LogP contribution in [0.25, 0.3) is 0 Å². The second-order valence-corrected chi connectivity index (χ2v) is 3.28. The molecule has 0 aromatic rings. The Morgan fingerprint density at radius 2 is 2.14 bits per heavy atom. The average molecular weight is 200 g/mol. The molecule has 0 aromatic heterocycles. The first-order chi connectivity index (χ1) is 6.54. The van der Waals surface area contributed by atoms with Crippen LogP contribution in [0.4, 0.5) is 4.79 Å². The van der Waals surface area contributed by atoms with E-state index < -0.39 is 6.16 Å². The minimum Gasteiger partial charge on any atom is -0.450 e. The molecule has 0 amide bonds. The maximum Gasteiger partial charge on any atom is 0.505 e. The maximum absolute atomic E-state index is 9.68. The van der Waals surface area contributed by atoms with E-state index in [4.69, 9.17) is 11.5 Å². The standard InChI is InChI=1S/C6H10.C5H10O3/c1-3-5-6-4-2;1-4(2)3-8-5(6)7/h1H,4-6H2,2H3;4H,3H2,1-2H3,(H,6,7). The van der Waals surface area contributed by atoms with Crippen molar-refractivity contribution in [3.05, 3.63) is 0 Å². The summed E-state index contributed by atoms with van der Waals surface area (Å²) in [4.78, 5) is 9.68. The Kier molecular flexibility index (Phi) is 12.9. The molecule has 0 saturated heterocycles. The molecular formula is C11H20O3. The number of ether oxygens (including phenoxy) is 1. The van der Waals surface area contributed by atoms with Crippen molar-refractivity contribution in [2.75, 3.05) is 6.61 Å². The van der Waals surface area contributed by atoms with Crippen LogP contribution in [-0.2, 0) is 4.74 Å². The fourth-order valence-corrected chi connectivity index (χ4v) is 0.517. The van der Waals surface area contributed by atoms with Crippen LogP contribution in [0.2, 0.25) is 0 Å². The van der Waals surface area contributed by atoms with Gasteiger partial charge in [0.2, 0.25) is 0 Å². The molecule has 0 radical (unpaired) electrons. The minimum atomic E-state index is -1.20. The van der Waals surface area contributed by atoms with Gasteiger partial charge in [0, 0.05) is 6.42 Å². The van der Waals surface area contributed by atoms with Crippen LogP contribution >= 0.6 is 0 Å². The van der Waals surface area contributed by atoms with Crippen molar-refractivity contribution in [2.45, 2.75) is 40.0 Å². The molecule has 0 aliphatic heterocycles. The lowest BCUT2D eigenvalue weighted by Crippen LogP contribution is -2.06. The number of carboxylic acid groups (broad SMARTS) is 1. The second-order valence-electron chi connectivity index (χ2n) is 3.28. The average Bonchev–Trinajstić information content (AvgIpc) is 2.12. The molecule has 0 aromatic carbocycles. The molecule has 0 bridgehead atoms. The third-order valence-corrected chi connectivity index (χ3v) is 1.21. The number of rotatable bonds is 4. The zero-order valence-corrected chi connectivity index (χ0v) is 9.25. The molecule has 1 N–H and O–H groups in total. The van der Waals surface area contributed by atoms with Gasteiger partial charge in [0.05, 0.1) is 6.61 Å². The van der Waals surface area contributed by atoms with Gasteiger partial charge in [0.1, 0.15) is 0 Å². The topological polar surface area (TPSA) is 46.5 Å². The van der Waals surface area contributed by atoms with E-state index in [2.05, 4.69) is 17.6 Å². The van der Waals surface area contributed by atoms with Gasteiger partial charge >= 0.3 is 6.16 Å². The van der Waals surface area contributed by atoms with Crippen LogP contribution in [-0.4, -0.2) is 17.9 Å². The summed E-state index contributed by atoms with van der Waals surface area (Å²) in [6.45, 7) is 6.21. The Morgan fingerprint density at radius 3 is 2.29 bits per heavy atom. The molecule has 0 fully saturated rings. The zero-order chi connectivity index (χ0) is 11.4. The maximum atomic E-state index is 9.68. The van der Waals surface area contributed by atoms with Gasteiger partial charge in [-0.2, -0.15) is 0 Å². The number of terminal acetylenes is 1. The van der Waals surface area contributed by atoms with E-state index in [1.807, 2.05) is 13.8 Å². The number of carbonyl (C=O) groups is 1. The fraction of sp³-hybridized carbons (Fsp3) is 0.727. The predicted octanol–water partition coefficient (Wildman–Crippen LogP) is 3.15. The van der Waals surface area contributed by atoms with Crippen LogP contribution < -0.4 is 0 Å². The highest BCUT2D eigenvalue weighted by Gasteiger charge is 1.97. The van der Waals surface area contributed by atoms with Crippen molar-refractivity contribution in [1.82, 2.24) is 0 Å². The first-order valence-corrected chi connectivity index (χ1v) is 4.83. The van der Waals surface area contributed by atoms with Gasteiger partial charge in [-0.25, -0.2) is 4.79 Å². The Hall–Kier alpha value is -1.17. The van der Waals surface area contributed by atoms with Gasteiger partial charge in [-0.1, -0.05) is 27.2 Å². The van der Waals surface area contributed by atoms with E-state index in [9.17, 15) is 4.79 Å². The third-order valence-electron chi connectivity index (χ3n) is 1.21. The van der Waals surface area contributed by atoms with Crippen LogP contribution in [0.1, 0.15) is 40.0 Å². The molecule has 0 atom stereocenters. The Balaban J connectivity index is 0. The van der Waals surface area contributed by atoms with Crippen LogP contribution in [0.5, 0.6) is 0 Å². The predicted molar refractivity (Wildman–Crippen MR) is 57.2 cm³/mol. The molecule has 0 spiro atoms. The van der Waals surface area contributed by atoms with E-state index in [0.717, 1.165) is 6.42 Å². The summed E-state index contributed by atoms with van der Waals surface area (Å²) in [5.74, 6) is 2.85. The van der Waals surface area contributed by atoms with Gasteiger partial charge in [-0.05, 0) is 12.3 Å². The molecule has 0 unspecified atom stereocenters. The van der Waals surface area contributed by atoms with Crippen LogP contribution in [0, 0.1) is 18.3 Å². The smallest absolute Gasteiger partial charge is 0.450 e. The Labute approximate surface area is 86.5 Å². The summed E-state index contributed by atoms with van der Waals surface area (Å²) in [5.41, 5.74) is 0. The lowest BCUT2D eigenvalue weighted by atomic mass is 10.2. The zero-order valence-electron chi connectivity index (χ0n) is 9.25. The van der Waals surface area contributed by atoms with Crippen molar-refractivity contribution < 1.29 is 14.6 Å². The van der Waals surface area contributed by atoms with Gasteiger partial charge in [-0.15, -0.1) is 12.3 Å². The molecular weight excluding hydrogens is 180 g/mol. The molecule has 0 heterocycles. The van der Waals surface area contributed by atoms with E-state index in [-0.39, 0.29) is 12.5 Å². The minimum absolute atomic E-state index is 0.283. The molecule has 3 nitrogen and oxygen atoms in total. The number of unbranched alkanes of at least 4 members (excludes halogenated alkanes) is 2. The van der Waals surface area contributed by atoms with Crippen LogP contribution in [0.3, 0.4) is 0 Å². The molecule has 0 aliphatic rings. The molecule has 0 saturated carbocycles. The molecule has 0 rings (SSSR count). The summed E-state index contributed by atoms with van der Waals surface area (Å²) in [6, 6.07) is 0. The molecule has 3 heteroatoms. The van der Waals surface area contributed by atoms with E-state index in [1.165, 1.54) is 12.8 Å². The molecule has 0 aliphatic carbocycles. The highest BCUT2D eigenvalue weighted by molar-refractivity contribution is 5.56. The van der Waals surface area contributed by atoms with Gasteiger partial charge < -0.3 is 9.84 Å².